The van der Waals surface area contributed by atoms with Crippen LogP contribution < -0.4 is 10.1 Å². The molecule has 140 valence electrons. The molecule has 1 amide bonds. The molecule has 0 saturated carbocycles. The van der Waals surface area contributed by atoms with Crippen LogP contribution in [-0.4, -0.2) is 26.8 Å². The lowest BCUT2D eigenvalue weighted by Crippen LogP contribution is -2.10. The Bertz CT molecular complexity index is 947. The minimum Gasteiger partial charge on any atom is -0.460 e. The Kier molecular flexibility index (Phi) is 5.54. The molecule has 0 spiro atoms. The number of anilines is 1. The molecule has 3 rings (SSSR count). The number of rotatable bonds is 6. The fourth-order valence-electron chi connectivity index (χ4n) is 2.70. The number of hydrogen-bond donors (Lipinski definition) is 1. The molecule has 0 aliphatic carbocycles. The van der Waals surface area contributed by atoms with Crippen LogP contribution in [0, 0.1) is 6.92 Å². The third-order valence-electron chi connectivity index (χ3n) is 4.01. The van der Waals surface area contributed by atoms with Gasteiger partial charge in [0.1, 0.15) is 0 Å². The summed E-state index contributed by atoms with van der Waals surface area (Å²) < 4.78 is 7.47. The smallest absolute Gasteiger partial charge is 0.336 e. The van der Waals surface area contributed by atoms with Gasteiger partial charge in [0.05, 0.1) is 11.8 Å². The van der Waals surface area contributed by atoms with Gasteiger partial charge in [-0.05, 0) is 44.5 Å². The van der Waals surface area contributed by atoms with E-state index in [1.54, 1.807) is 4.68 Å². The van der Waals surface area contributed by atoms with Crippen molar-refractivity contribution in [2.24, 2.45) is 0 Å². The average molecular weight is 364 g/mol. The van der Waals surface area contributed by atoms with Crippen LogP contribution in [0.2, 0.25) is 0 Å². The van der Waals surface area contributed by atoms with E-state index in [2.05, 4.69) is 15.4 Å². The molecule has 0 unspecified atom stereocenters. The minimum absolute atomic E-state index is 0.0271. The largest absolute Gasteiger partial charge is 0.460 e. The Morgan fingerprint density at radius 2 is 1.96 bits per heavy atom. The molecule has 0 fully saturated rings. The second-order valence-corrected chi connectivity index (χ2v) is 6.56. The lowest BCUT2D eigenvalue weighted by molar-refractivity contribution is -0.115. The molecule has 0 bridgehead atoms. The second kappa shape index (κ2) is 8.03. The van der Waals surface area contributed by atoms with Crippen LogP contribution in [0.3, 0.4) is 0 Å². The summed E-state index contributed by atoms with van der Waals surface area (Å²) in [7, 11) is 0. The SMILES string of the molecule is CCC(=O)Nc1cccc(-n2nc(OC(C)C)nc2-c2ccccc2C)c1. The van der Waals surface area contributed by atoms with Crippen molar-refractivity contribution >= 4 is 11.6 Å². The summed E-state index contributed by atoms with van der Waals surface area (Å²) in [5, 5.41) is 7.43. The molecule has 1 N–H and O–H groups in total. The van der Waals surface area contributed by atoms with Crippen molar-refractivity contribution < 1.29 is 9.53 Å². The van der Waals surface area contributed by atoms with E-state index < -0.39 is 0 Å². The average Bonchev–Trinajstić information content (AvgIpc) is 3.05. The molecule has 6 heteroatoms. The maximum Gasteiger partial charge on any atom is 0.336 e. The fourth-order valence-corrected chi connectivity index (χ4v) is 2.70. The van der Waals surface area contributed by atoms with Gasteiger partial charge in [0.15, 0.2) is 5.82 Å². The summed E-state index contributed by atoms with van der Waals surface area (Å²) in [4.78, 5) is 16.3. The highest BCUT2D eigenvalue weighted by Crippen LogP contribution is 2.27. The fraction of sp³-hybridized carbons (Fsp3) is 0.286. The number of nitrogens with zero attached hydrogens (tertiary/aromatic N) is 3. The third kappa shape index (κ3) is 4.34. The van der Waals surface area contributed by atoms with E-state index in [0.29, 0.717) is 18.3 Å². The predicted molar refractivity (Wildman–Crippen MR) is 106 cm³/mol. The second-order valence-electron chi connectivity index (χ2n) is 6.56. The van der Waals surface area contributed by atoms with Gasteiger partial charge in [-0.1, -0.05) is 37.3 Å². The normalized spacial score (nSPS) is 10.9. The van der Waals surface area contributed by atoms with Crippen LogP contribution in [-0.2, 0) is 4.79 Å². The summed E-state index contributed by atoms with van der Waals surface area (Å²) in [6.07, 6.45) is 0.398. The maximum atomic E-state index is 11.7. The van der Waals surface area contributed by atoms with Crippen LogP contribution in [0.15, 0.2) is 48.5 Å². The van der Waals surface area contributed by atoms with Gasteiger partial charge >= 0.3 is 6.01 Å². The number of amides is 1. The molecule has 6 nitrogen and oxygen atoms in total. The number of benzene rings is 2. The molecule has 3 aromatic rings. The molecule has 1 aromatic heterocycles. The van der Waals surface area contributed by atoms with Gasteiger partial charge < -0.3 is 10.1 Å². The Labute approximate surface area is 159 Å². The lowest BCUT2D eigenvalue weighted by atomic mass is 10.1. The first-order valence-electron chi connectivity index (χ1n) is 9.08. The van der Waals surface area contributed by atoms with Crippen molar-refractivity contribution in [3.63, 3.8) is 0 Å². The first kappa shape index (κ1) is 18.6. The van der Waals surface area contributed by atoms with Gasteiger partial charge in [0, 0.05) is 17.7 Å². The van der Waals surface area contributed by atoms with E-state index in [1.165, 1.54) is 0 Å². The number of aryl methyl sites for hydroxylation is 1. The molecule has 27 heavy (non-hydrogen) atoms. The van der Waals surface area contributed by atoms with Gasteiger partial charge in [-0.3, -0.25) is 4.79 Å². The van der Waals surface area contributed by atoms with Crippen molar-refractivity contribution in [2.45, 2.75) is 40.2 Å². The van der Waals surface area contributed by atoms with Crippen molar-refractivity contribution in [3.05, 3.63) is 54.1 Å². The van der Waals surface area contributed by atoms with Crippen molar-refractivity contribution in [3.8, 4) is 23.1 Å². The van der Waals surface area contributed by atoms with Crippen LogP contribution in [0.25, 0.3) is 17.1 Å². The van der Waals surface area contributed by atoms with Crippen LogP contribution in [0.5, 0.6) is 6.01 Å². The van der Waals surface area contributed by atoms with Crippen molar-refractivity contribution in [1.29, 1.82) is 0 Å². The molecule has 1 heterocycles. The lowest BCUT2D eigenvalue weighted by Gasteiger charge is -2.10. The molecule has 0 radical (unpaired) electrons. The number of ether oxygens (including phenoxy) is 1. The van der Waals surface area contributed by atoms with Gasteiger partial charge in [-0.15, -0.1) is 5.10 Å². The highest BCUT2D eigenvalue weighted by molar-refractivity contribution is 5.90. The Morgan fingerprint density at radius 3 is 2.67 bits per heavy atom. The molecule has 0 saturated heterocycles. The van der Waals surface area contributed by atoms with Crippen LogP contribution >= 0.6 is 0 Å². The molecule has 0 atom stereocenters. The van der Waals surface area contributed by atoms with E-state index >= 15 is 0 Å². The van der Waals surface area contributed by atoms with Crippen molar-refractivity contribution in [1.82, 2.24) is 14.8 Å². The number of carbonyl (C=O) groups excluding carboxylic acids is 1. The van der Waals surface area contributed by atoms with Crippen LogP contribution in [0.1, 0.15) is 32.8 Å². The quantitative estimate of drug-likeness (QED) is 0.705. The van der Waals surface area contributed by atoms with Gasteiger partial charge in [-0.25, -0.2) is 4.68 Å². The zero-order chi connectivity index (χ0) is 19.4. The van der Waals surface area contributed by atoms with E-state index in [4.69, 9.17) is 4.74 Å². The topological polar surface area (TPSA) is 69.0 Å². The minimum atomic E-state index is -0.0336. The predicted octanol–water partition coefficient (Wildman–Crippen LogP) is 4.38. The highest BCUT2D eigenvalue weighted by Gasteiger charge is 2.17. The Hall–Kier alpha value is -3.15. The summed E-state index contributed by atoms with van der Waals surface area (Å²) in [5.74, 6) is 0.663. The molecular formula is C21H24N4O2. The molecule has 2 aromatic carbocycles. The first-order chi connectivity index (χ1) is 13.0. The summed E-state index contributed by atoms with van der Waals surface area (Å²) in [6.45, 7) is 7.74. The number of hydrogen-bond acceptors (Lipinski definition) is 4. The van der Waals surface area contributed by atoms with Crippen molar-refractivity contribution in [2.75, 3.05) is 5.32 Å². The zero-order valence-electron chi connectivity index (χ0n) is 16.1. The van der Waals surface area contributed by atoms with E-state index in [1.807, 2.05) is 76.2 Å². The molecular weight excluding hydrogens is 340 g/mol. The number of carbonyl (C=O) groups is 1. The Morgan fingerprint density at radius 1 is 1.19 bits per heavy atom. The monoisotopic (exact) mass is 364 g/mol. The van der Waals surface area contributed by atoms with E-state index in [-0.39, 0.29) is 12.0 Å². The van der Waals surface area contributed by atoms with E-state index in [0.717, 1.165) is 22.5 Å². The van der Waals surface area contributed by atoms with Gasteiger partial charge in [0.25, 0.3) is 0 Å². The number of nitrogens with one attached hydrogen (secondary N) is 1. The molecule has 0 aliphatic rings. The first-order valence-corrected chi connectivity index (χ1v) is 9.08. The summed E-state index contributed by atoms with van der Waals surface area (Å²) in [6, 6.07) is 15.9. The van der Waals surface area contributed by atoms with Crippen LogP contribution in [0.4, 0.5) is 5.69 Å². The number of aromatic nitrogens is 3. The zero-order valence-corrected chi connectivity index (χ0v) is 16.1. The van der Waals surface area contributed by atoms with Gasteiger partial charge in [-0.2, -0.15) is 4.98 Å². The summed E-state index contributed by atoms with van der Waals surface area (Å²) >= 11 is 0. The summed E-state index contributed by atoms with van der Waals surface area (Å²) in [5.41, 5.74) is 3.59. The van der Waals surface area contributed by atoms with E-state index in [9.17, 15) is 4.79 Å². The Balaban J connectivity index is 2.09. The molecule has 0 aliphatic heterocycles. The highest BCUT2D eigenvalue weighted by atomic mass is 16.5. The van der Waals surface area contributed by atoms with Gasteiger partial charge in [0.2, 0.25) is 5.91 Å². The third-order valence-corrected chi connectivity index (χ3v) is 4.01. The maximum absolute atomic E-state index is 11.7. The standard InChI is InChI=1S/C21H24N4O2/c1-5-19(26)22-16-10-8-11-17(13-16)25-20(18-12-7-6-9-15(18)4)23-21(24-25)27-14(2)3/h6-14H,5H2,1-4H3,(H,22,26).